The van der Waals surface area contributed by atoms with Crippen LogP contribution in [-0.2, 0) is 12.8 Å². The molecule has 0 saturated carbocycles. The van der Waals surface area contributed by atoms with E-state index in [-0.39, 0.29) is 0 Å². The van der Waals surface area contributed by atoms with E-state index in [0.29, 0.717) is 5.92 Å². The lowest BCUT2D eigenvalue weighted by molar-refractivity contribution is 0.294. The summed E-state index contributed by atoms with van der Waals surface area (Å²) < 4.78 is 5.38. The van der Waals surface area contributed by atoms with Crippen molar-refractivity contribution in [2.24, 2.45) is 0 Å². The molecule has 1 unspecified atom stereocenters. The molecule has 2 aromatic rings. The number of hydrogen-bond donors (Lipinski definition) is 0. The molecule has 0 saturated heterocycles. The Morgan fingerprint density at radius 1 is 1.12 bits per heavy atom. The Hall–Kier alpha value is -1.80. The summed E-state index contributed by atoms with van der Waals surface area (Å²) in [5.74, 6) is 1.66. The second-order valence-electron chi connectivity index (χ2n) is 7.01. The first-order valence-electron chi connectivity index (χ1n) is 9.15. The van der Waals surface area contributed by atoms with Crippen LogP contribution in [-0.4, -0.2) is 32.1 Å². The number of methoxy groups -OCH3 is 1. The lowest BCUT2D eigenvalue weighted by Gasteiger charge is -2.29. The Labute approximate surface area is 146 Å². The fourth-order valence-corrected chi connectivity index (χ4v) is 3.87. The van der Waals surface area contributed by atoms with Crippen LogP contribution in [0.25, 0.3) is 0 Å². The predicted molar refractivity (Wildman–Crippen MR) is 101 cm³/mol. The molecule has 0 N–H and O–H groups in total. The van der Waals surface area contributed by atoms with E-state index in [1.165, 1.54) is 48.8 Å². The van der Waals surface area contributed by atoms with E-state index >= 15 is 0 Å². The van der Waals surface area contributed by atoms with Crippen LogP contribution < -0.4 is 4.74 Å². The van der Waals surface area contributed by atoms with Crippen molar-refractivity contribution in [3.63, 3.8) is 0 Å². The highest BCUT2D eigenvalue weighted by Gasteiger charge is 2.21. The van der Waals surface area contributed by atoms with Gasteiger partial charge >= 0.3 is 0 Å². The van der Waals surface area contributed by atoms with Gasteiger partial charge in [-0.05, 0) is 80.4 Å². The zero-order chi connectivity index (χ0) is 16.8. The molecule has 0 bridgehead atoms. The summed E-state index contributed by atoms with van der Waals surface area (Å²) >= 11 is 0. The van der Waals surface area contributed by atoms with Crippen molar-refractivity contribution < 1.29 is 4.74 Å². The second-order valence-corrected chi connectivity index (χ2v) is 7.01. The van der Waals surface area contributed by atoms with Crippen LogP contribution in [0.15, 0.2) is 48.5 Å². The van der Waals surface area contributed by atoms with Gasteiger partial charge in [-0.2, -0.15) is 0 Å². The third-order valence-electron chi connectivity index (χ3n) is 5.17. The first kappa shape index (κ1) is 17.0. The number of ether oxygens (including phenoxy) is 1. The molecule has 0 radical (unpaired) electrons. The highest BCUT2D eigenvalue weighted by molar-refractivity contribution is 5.39. The molecular formula is C22H29NO. The van der Waals surface area contributed by atoms with Gasteiger partial charge in [0.2, 0.25) is 0 Å². The number of rotatable bonds is 7. The molecule has 2 nitrogen and oxygen atoms in total. The van der Waals surface area contributed by atoms with E-state index in [0.717, 1.165) is 18.8 Å². The largest absolute Gasteiger partial charge is 0.497 e. The van der Waals surface area contributed by atoms with E-state index < -0.39 is 0 Å². The van der Waals surface area contributed by atoms with Crippen molar-refractivity contribution in [2.45, 2.75) is 38.0 Å². The Balaban J connectivity index is 1.53. The minimum atomic E-state index is 0.668. The van der Waals surface area contributed by atoms with E-state index in [4.69, 9.17) is 4.74 Å². The molecule has 0 fully saturated rings. The van der Waals surface area contributed by atoms with Crippen LogP contribution in [0.4, 0.5) is 0 Å². The van der Waals surface area contributed by atoms with Gasteiger partial charge in [0.1, 0.15) is 5.75 Å². The maximum atomic E-state index is 5.38. The van der Waals surface area contributed by atoms with E-state index in [1.54, 1.807) is 7.11 Å². The Morgan fingerprint density at radius 2 is 1.96 bits per heavy atom. The lowest BCUT2D eigenvalue weighted by atomic mass is 9.82. The van der Waals surface area contributed by atoms with Crippen molar-refractivity contribution in [1.29, 1.82) is 0 Å². The molecule has 0 amide bonds. The zero-order valence-corrected chi connectivity index (χ0v) is 15.0. The zero-order valence-electron chi connectivity index (χ0n) is 15.0. The van der Waals surface area contributed by atoms with Gasteiger partial charge in [0, 0.05) is 6.54 Å². The van der Waals surface area contributed by atoms with Crippen LogP contribution in [0.3, 0.4) is 0 Å². The molecule has 1 aliphatic rings. The first-order chi connectivity index (χ1) is 11.8. The smallest absolute Gasteiger partial charge is 0.119 e. The van der Waals surface area contributed by atoms with Crippen LogP contribution in [0, 0.1) is 0 Å². The number of aryl methyl sites for hydroxylation is 2. The average Bonchev–Trinajstić information content (AvgIpc) is 2.62. The topological polar surface area (TPSA) is 12.5 Å². The Morgan fingerprint density at radius 3 is 2.75 bits per heavy atom. The molecule has 1 atom stereocenters. The summed E-state index contributed by atoms with van der Waals surface area (Å²) in [6.45, 7) is 2.32. The van der Waals surface area contributed by atoms with Gasteiger partial charge in [0.15, 0.2) is 0 Å². The van der Waals surface area contributed by atoms with Gasteiger partial charge in [-0.15, -0.1) is 0 Å². The maximum absolute atomic E-state index is 5.38. The van der Waals surface area contributed by atoms with Crippen molar-refractivity contribution in [2.75, 3.05) is 27.2 Å². The molecule has 24 heavy (non-hydrogen) atoms. The van der Waals surface area contributed by atoms with Crippen LogP contribution >= 0.6 is 0 Å². The standard InChI is InChI=1S/C22H29NO/c1-23(15-7-10-18-8-4-3-5-9-18)17-20-12-6-11-19-16-21(24-2)13-14-22(19)20/h3-5,8-9,13-14,16,20H,6-7,10-12,15,17H2,1-2H3. The van der Waals surface area contributed by atoms with E-state index in [1.807, 2.05) is 0 Å². The summed E-state index contributed by atoms with van der Waals surface area (Å²) in [5.41, 5.74) is 4.47. The van der Waals surface area contributed by atoms with Gasteiger partial charge in [0.05, 0.1) is 7.11 Å². The normalized spacial score (nSPS) is 16.9. The van der Waals surface area contributed by atoms with Crippen LogP contribution in [0.5, 0.6) is 5.75 Å². The highest BCUT2D eigenvalue weighted by atomic mass is 16.5. The summed E-state index contributed by atoms with van der Waals surface area (Å²) in [6, 6.07) is 17.4. The number of benzene rings is 2. The highest BCUT2D eigenvalue weighted by Crippen LogP contribution is 2.34. The SMILES string of the molecule is COc1ccc2c(c1)CCCC2CN(C)CCCc1ccccc1. The van der Waals surface area contributed by atoms with Gasteiger partial charge in [-0.1, -0.05) is 36.4 Å². The molecular weight excluding hydrogens is 294 g/mol. The van der Waals surface area contributed by atoms with E-state index in [9.17, 15) is 0 Å². The average molecular weight is 323 g/mol. The van der Waals surface area contributed by atoms with Gasteiger partial charge in [-0.3, -0.25) is 0 Å². The lowest BCUT2D eigenvalue weighted by Crippen LogP contribution is -2.28. The maximum Gasteiger partial charge on any atom is 0.119 e. The molecule has 0 aromatic heterocycles. The Bertz CT molecular complexity index is 638. The fraction of sp³-hybridized carbons (Fsp3) is 0.455. The van der Waals surface area contributed by atoms with Crippen LogP contribution in [0.2, 0.25) is 0 Å². The monoisotopic (exact) mass is 323 g/mol. The number of hydrogen-bond acceptors (Lipinski definition) is 2. The summed E-state index contributed by atoms with van der Waals surface area (Å²) in [5, 5.41) is 0. The van der Waals surface area contributed by atoms with Gasteiger partial charge < -0.3 is 9.64 Å². The molecule has 2 heteroatoms. The Kier molecular flexibility index (Phi) is 5.92. The van der Waals surface area contributed by atoms with Crippen LogP contribution in [0.1, 0.15) is 41.9 Å². The fourth-order valence-electron chi connectivity index (χ4n) is 3.87. The minimum absolute atomic E-state index is 0.668. The van der Waals surface area contributed by atoms with E-state index in [2.05, 4.69) is 60.5 Å². The third-order valence-corrected chi connectivity index (χ3v) is 5.17. The molecule has 3 rings (SSSR count). The third kappa shape index (κ3) is 4.39. The number of fused-ring (bicyclic) bond motifs is 1. The predicted octanol–water partition coefficient (Wildman–Crippen LogP) is 4.68. The summed E-state index contributed by atoms with van der Waals surface area (Å²) in [6.07, 6.45) is 6.19. The van der Waals surface area contributed by atoms with Gasteiger partial charge in [-0.25, -0.2) is 0 Å². The second kappa shape index (κ2) is 8.34. The molecule has 0 heterocycles. The number of likely N-dealkylation sites (N-methyl/N-ethyl adjacent to an activating group) is 1. The van der Waals surface area contributed by atoms with Crippen molar-refractivity contribution >= 4 is 0 Å². The van der Waals surface area contributed by atoms with Crippen molar-refractivity contribution in [3.8, 4) is 5.75 Å². The quantitative estimate of drug-likeness (QED) is 0.733. The molecule has 128 valence electrons. The number of nitrogens with zero attached hydrogens (tertiary/aromatic N) is 1. The molecule has 0 aliphatic heterocycles. The minimum Gasteiger partial charge on any atom is -0.497 e. The molecule has 0 spiro atoms. The van der Waals surface area contributed by atoms with Crippen molar-refractivity contribution in [1.82, 2.24) is 4.90 Å². The van der Waals surface area contributed by atoms with Gasteiger partial charge in [0.25, 0.3) is 0 Å². The molecule has 1 aliphatic carbocycles. The summed E-state index contributed by atoms with van der Waals surface area (Å²) in [7, 11) is 4.02. The van der Waals surface area contributed by atoms with Crippen molar-refractivity contribution in [3.05, 3.63) is 65.2 Å². The summed E-state index contributed by atoms with van der Waals surface area (Å²) in [4.78, 5) is 2.51. The first-order valence-corrected chi connectivity index (χ1v) is 9.15. The molecule has 2 aromatic carbocycles.